The van der Waals surface area contributed by atoms with Crippen LogP contribution in [0.1, 0.15) is 31.2 Å². The number of amides is 1. The van der Waals surface area contributed by atoms with Gasteiger partial charge in [0.1, 0.15) is 5.82 Å². The highest BCUT2D eigenvalue weighted by Crippen LogP contribution is 2.10. The van der Waals surface area contributed by atoms with E-state index in [-0.39, 0.29) is 11.7 Å². The number of nitrogens with zero attached hydrogens (tertiary/aromatic N) is 1. The van der Waals surface area contributed by atoms with Crippen molar-refractivity contribution in [3.05, 3.63) is 35.6 Å². The van der Waals surface area contributed by atoms with Crippen molar-refractivity contribution < 1.29 is 9.18 Å². The molecule has 18 heavy (non-hydrogen) atoms. The van der Waals surface area contributed by atoms with E-state index in [1.54, 1.807) is 30.1 Å². The second-order valence-corrected chi connectivity index (χ2v) is 4.44. The van der Waals surface area contributed by atoms with Crippen LogP contribution >= 0.6 is 0 Å². The number of carbonyl (C=O) groups excluding carboxylic acids is 1. The summed E-state index contributed by atoms with van der Waals surface area (Å²) in [6.45, 7) is 0.988. The molecule has 0 aliphatic carbocycles. The van der Waals surface area contributed by atoms with E-state index in [0.717, 1.165) is 19.3 Å². The van der Waals surface area contributed by atoms with E-state index in [0.29, 0.717) is 25.1 Å². The Bertz CT molecular complexity index is 382. The monoisotopic (exact) mass is 252 g/mol. The van der Waals surface area contributed by atoms with Gasteiger partial charge in [0.15, 0.2) is 0 Å². The van der Waals surface area contributed by atoms with Crippen LogP contribution in [0.4, 0.5) is 4.39 Å². The summed E-state index contributed by atoms with van der Waals surface area (Å²) in [5, 5.41) is 0. The molecule has 0 saturated carbocycles. The Morgan fingerprint density at radius 2 is 2.00 bits per heavy atom. The fourth-order valence-corrected chi connectivity index (χ4v) is 1.76. The van der Waals surface area contributed by atoms with Crippen LogP contribution in [-0.2, 0) is 11.3 Å². The lowest BCUT2D eigenvalue weighted by molar-refractivity contribution is -0.130. The van der Waals surface area contributed by atoms with Crippen molar-refractivity contribution in [2.75, 3.05) is 13.6 Å². The van der Waals surface area contributed by atoms with E-state index < -0.39 is 0 Å². The van der Waals surface area contributed by atoms with E-state index in [1.807, 2.05) is 0 Å². The first-order valence-corrected chi connectivity index (χ1v) is 6.32. The zero-order chi connectivity index (χ0) is 13.4. The van der Waals surface area contributed by atoms with Crippen molar-refractivity contribution in [2.24, 2.45) is 5.73 Å². The van der Waals surface area contributed by atoms with Crippen LogP contribution in [-0.4, -0.2) is 24.4 Å². The first-order chi connectivity index (χ1) is 8.65. The molecule has 0 saturated heterocycles. The quantitative estimate of drug-likeness (QED) is 0.757. The van der Waals surface area contributed by atoms with Crippen LogP contribution < -0.4 is 5.73 Å². The molecular formula is C14H21FN2O. The largest absolute Gasteiger partial charge is 0.341 e. The zero-order valence-corrected chi connectivity index (χ0v) is 10.9. The summed E-state index contributed by atoms with van der Waals surface area (Å²) < 4.78 is 13.4. The van der Waals surface area contributed by atoms with Crippen molar-refractivity contribution >= 4 is 5.91 Å². The fourth-order valence-electron chi connectivity index (χ4n) is 1.76. The number of rotatable bonds is 7. The molecule has 0 fully saturated rings. The molecule has 0 unspecified atom stereocenters. The molecule has 2 N–H and O–H groups in total. The van der Waals surface area contributed by atoms with E-state index in [2.05, 4.69) is 0 Å². The first-order valence-electron chi connectivity index (χ1n) is 6.32. The Morgan fingerprint density at radius 3 is 2.67 bits per heavy atom. The van der Waals surface area contributed by atoms with Gasteiger partial charge >= 0.3 is 0 Å². The molecule has 0 aromatic heterocycles. The Morgan fingerprint density at radius 1 is 1.28 bits per heavy atom. The van der Waals surface area contributed by atoms with Crippen LogP contribution in [0.15, 0.2) is 24.3 Å². The van der Waals surface area contributed by atoms with Gasteiger partial charge in [-0.3, -0.25) is 4.79 Å². The van der Waals surface area contributed by atoms with Crippen LogP contribution in [0, 0.1) is 5.82 Å². The molecule has 0 aliphatic heterocycles. The standard InChI is InChI=1S/C14H21FN2O/c1-17(14(18)9-3-2-6-10-16)11-12-7-4-5-8-13(12)15/h4-5,7-8H,2-3,6,9-11,16H2,1H3. The first kappa shape index (κ1) is 14.6. The van der Waals surface area contributed by atoms with Crippen molar-refractivity contribution in [2.45, 2.75) is 32.2 Å². The Hall–Kier alpha value is -1.42. The van der Waals surface area contributed by atoms with Crippen LogP contribution in [0.5, 0.6) is 0 Å². The van der Waals surface area contributed by atoms with Gasteiger partial charge in [0.25, 0.3) is 0 Å². The molecule has 100 valence electrons. The minimum absolute atomic E-state index is 0.0512. The predicted molar refractivity (Wildman–Crippen MR) is 70.4 cm³/mol. The average molecular weight is 252 g/mol. The molecule has 0 radical (unpaired) electrons. The molecule has 3 nitrogen and oxygen atoms in total. The molecule has 0 spiro atoms. The maximum Gasteiger partial charge on any atom is 0.222 e. The SMILES string of the molecule is CN(Cc1ccccc1F)C(=O)CCCCCN. The van der Waals surface area contributed by atoms with E-state index in [9.17, 15) is 9.18 Å². The molecule has 1 amide bonds. The number of nitrogens with two attached hydrogens (primary N) is 1. The molecule has 0 bridgehead atoms. The Balaban J connectivity index is 2.38. The van der Waals surface area contributed by atoms with Crippen molar-refractivity contribution in [1.29, 1.82) is 0 Å². The summed E-state index contributed by atoms with van der Waals surface area (Å²) in [6, 6.07) is 6.54. The van der Waals surface area contributed by atoms with Gasteiger partial charge in [0.2, 0.25) is 5.91 Å². The highest BCUT2D eigenvalue weighted by atomic mass is 19.1. The minimum atomic E-state index is -0.264. The number of halogens is 1. The summed E-state index contributed by atoms with van der Waals surface area (Å²) in [5.41, 5.74) is 5.94. The highest BCUT2D eigenvalue weighted by molar-refractivity contribution is 5.75. The second kappa shape index (κ2) is 7.82. The van der Waals surface area contributed by atoms with E-state index in [1.165, 1.54) is 6.07 Å². The van der Waals surface area contributed by atoms with Gasteiger partial charge in [0.05, 0.1) is 0 Å². The topological polar surface area (TPSA) is 46.3 Å². The molecule has 1 aromatic carbocycles. The van der Waals surface area contributed by atoms with Gasteiger partial charge in [-0.25, -0.2) is 4.39 Å². The van der Waals surface area contributed by atoms with Gasteiger partial charge in [-0.1, -0.05) is 24.6 Å². The second-order valence-electron chi connectivity index (χ2n) is 4.44. The number of hydrogen-bond donors (Lipinski definition) is 1. The van der Waals surface area contributed by atoms with Gasteiger partial charge in [-0.2, -0.15) is 0 Å². The van der Waals surface area contributed by atoms with Gasteiger partial charge < -0.3 is 10.6 Å². The number of benzene rings is 1. The molecule has 4 heteroatoms. The third-order valence-corrected chi connectivity index (χ3v) is 2.89. The fraction of sp³-hybridized carbons (Fsp3) is 0.500. The molecular weight excluding hydrogens is 231 g/mol. The van der Waals surface area contributed by atoms with Gasteiger partial charge in [-0.05, 0) is 25.5 Å². The third-order valence-electron chi connectivity index (χ3n) is 2.89. The Kier molecular flexibility index (Phi) is 6.36. The molecule has 1 aromatic rings. The predicted octanol–water partition coefficient (Wildman–Crippen LogP) is 2.30. The summed E-state index contributed by atoms with van der Waals surface area (Å²) in [6.07, 6.45) is 3.27. The maximum atomic E-state index is 13.4. The van der Waals surface area contributed by atoms with Crippen LogP contribution in [0.2, 0.25) is 0 Å². The Labute approximate surface area is 108 Å². The molecule has 0 heterocycles. The summed E-state index contributed by atoms with van der Waals surface area (Å²) in [5.74, 6) is -0.212. The number of hydrogen-bond acceptors (Lipinski definition) is 2. The molecule has 0 atom stereocenters. The van der Waals surface area contributed by atoms with E-state index >= 15 is 0 Å². The number of unbranched alkanes of at least 4 members (excludes halogenated alkanes) is 2. The summed E-state index contributed by atoms with van der Waals surface area (Å²) >= 11 is 0. The molecule has 0 aliphatic rings. The lowest BCUT2D eigenvalue weighted by Crippen LogP contribution is -2.26. The van der Waals surface area contributed by atoms with Crippen molar-refractivity contribution in [1.82, 2.24) is 4.90 Å². The smallest absolute Gasteiger partial charge is 0.222 e. The van der Waals surface area contributed by atoms with Gasteiger partial charge in [-0.15, -0.1) is 0 Å². The maximum absolute atomic E-state index is 13.4. The third kappa shape index (κ3) is 4.84. The molecule has 1 rings (SSSR count). The van der Waals surface area contributed by atoms with E-state index in [4.69, 9.17) is 5.73 Å². The lowest BCUT2D eigenvalue weighted by Gasteiger charge is -2.17. The number of carbonyl (C=O) groups is 1. The van der Waals surface area contributed by atoms with Crippen molar-refractivity contribution in [3.63, 3.8) is 0 Å². The summed E-state index contributed by atoms with van der Waals surface area (Å²) in [4.78, 5) is 13.4. The van der Waals surface area contributed by atoms with Crippen molar-refractivity contribution in [3.8, 4) is 0 Å². The lowest BCUT2D eigenvalue weighted by atomic mass is 10.1. The van der Waals surface area contributed by atoms with Crippen LogP contribution in [0.3, 0.4) is 0 Å². The average Bonchev–Trinajstić information content (AvgIpc) is 2.37. The van der Waals surface area contributed by atoms with Crippen LogP contribution in [0.25, 0.3) is 0 Å². The highest BCUT2D eigenvalue weighted by Gasteiger charge is 2.10. The minimum Gasteiger partial charge on any atom is -0.341 e. The normalized spacial score (nSPS) is 10.4. The van der Waals surface area contributed by atoms with Gasteiger partial charge in [0, 0.05) is 25.6 Å². The summed E-state index contributed by atoms with van der Waals surface area (Å²) in [7, 11) is 1.71. The zero-order valence-electron chi connectivity index (χ0n) is 10.9.